The van der Waals surface area contributed by atoms with Gasteiger partial charge in [0.1, 0.15) is 9.12 Å². The van der Waals surface area contributed by atoms with Crippen LogP contribution < -0.4 is 0 Å². The molecule has 0 aromatic carbocycles. The number of hydrogen-bond acceptors (Lipinski definition) is 1. The van der Waals surface area contributed by atoms with E-state index in [0.29, 0.717) is 0 Å². The molecule has 0 unspecified atom stereocenters. The summed E-state index contributed by atoms with van der Waals surface area (Å²) in [5, 5.41) is 0. The summed E-state index contributed by atoms with van der Waals surface area (Å²) in [5.41, 5.74) is 0. The van der Waals surface area contributed by atoms with E-state index < -0.39 is 0 Å². The molecule has 0 saturated carbocycles. The van der Waals surface area contributed by atoms with Crippen molar-refractivity contribution < 1.29 is 35.3 Å². The standard InChI is InChI=1S/C8H16N.HOP.Zr/c1-5-6-7-8-9(2,3)4;1-2;/h5-8H,1-4H3;2H;/q+1;;. The van der Waals surface area contributed by atoms with Gasteiger partial charge in [-0.2, -0.15) is 0 Å². The Bertz CT molecular complexity index is 140. The third-order valence-corrected chi connectivity index (χ3v) is 0.837. The molecule has 0 bridgehead atoms. The van der Waals surface area contributed by atoms with Crippen molar-refractivity contribution in [2.45, 2.75) is 6.92 Å². The van der Waals surface area contributed by atoms with Gasteiger partial charge in [-0.15, -0.1) is 0 Å². The van der Waals surface area contributed by atoms with E-state index >= 15 is 0 Å². The SMILES string of the molecule is CC=CC=C[N+](C)(C)C.O=P.[Zr]. The molecule has 0 aromatic heterocycles. The minimum Gasteiger partial charge on any atom is -0.305 e. The Labute approximate surface area is 96.7 Å². The summed E-state index contributed by atoms with van der Waals surface area (Å²) in [6.45, 7) is 2.01. The van der Waals surface area contributed by atoms with Crippen molar-refractivity contribution in [2.75, 3.05) is 21.1 Å². The zero-order valence-corrected chi connectivity index (χ0v) is 11.6. The van der Waals surface area contributed by atoms with Crippen molar-refractivity contribution in [2.24, 2.45) is 0 Å². The van der Waals surface area contributed by atoms with Crippen LogP contribution in [0, 0.1) is 0 Å². The maximum Gasteiger partial charge on any atom is 0.138 e. The van der Waals surface area contributed by atoms with Crippen LogP contribution in [0.2, 0.25) is 0 Å². The van der Waals surface area contributed by atoms with Crippen molar-refractivity contribution >= 4 is 9.12 Å². The summed E-state index contributed by atoms with van der Waals surface area (Å²) in [4.78, 5) is 0. The third-order valence-electron chi connectivity index (χ3n) is 0.837. The first-order valence-electron chi connectivity index (χ1n) is 3.38. The number of nitrogens with zero attached hydrogens (tertiary/aromatic N) is 1. The molecule has 0 rings (SSSR count). The second kappa shape index (κ2) is 11.4. The first-order chi connectivity index (χ1) is 5.06. The van der Waals surface area contributed by atoms with E-state index in [1.807, 2.05) is 19.1 Å². The Kier molecular flexibility index (Phi) is 17.4. The van der Waals surface area contributed by atoms with Crippen molar-refractivity contribution in [3.8, 4) is 0 Å². The molecule has 2 nitrogen and oxygen atoms in total. The first kappa shape index (κ1) is 18.3. The Morgan fingerprint density at radius 3 is 1.75 bits per heavy atom. The van der Waals surface area contributed by atoms with E-state index in [2.05, 4.69) is 33.4 Å². The van der Waals surface area contributed by atoms with Gasteiger partial charge in [0, 0.05) is 26.2 Å². The molecular formula is C8H17NOPZr+. The maximum absolute atomic E-state index is 8.06. The van der Waals surface area contributed by atoms with Crippen LogP contribution in [-0.4, -0.2) is 25.6 Å². The summed E-state index contributed by atoms with van der Waals surface area (Å²) in [6, 6.07) is 0. The van der Waals surface area contributed by atoms with E-state index in [1.54, 1.807) is 9.12 Å². The largest absolute Gasteiger partial charge is 0.305 e. The van der Waals surface area contributed by atoms with Gasteiger partial charge < -0.3 is 4.48 Å². The second-order valence-corrected chi connectivity index (χ2v) is 2.98. The van der Waals surface area contributed by atoms with Crippen LogP contribution in [0.15, 0.2) is 24.4 Å². The average Bonchev–Trinajstić information content (AvgIpc) is 1.90. The van der Waals surface area contributed by atoms with E-state index in [1.165, 1.54) is 0 Å². The summed E-state index contributed by atoms with van der Waals surface area (Å²) < 4.78 is 8.93. The topological polar surface area (TPSA) is 17.1 Å². The first-order valence-corrected chi connectivity index (χ1v) is 3.79. The van der Waals surface area contributed by atoms with Crippen molar-refractivity contribution in [1.82, 2.24) is 0 Å². The van der Waals surface area contributed by atoms with E-state index in [4.69, 9.17) is 4.57 Å². The van der Waals surface area contributed by atoms with Crippen molar-refractivity contribution in [1.29, 1.82) is 0 Å². The van der Waals surface area contributed by atoms with Gasteiger partial charge in [0.2, 0.25) is 0 Å². The smallest absolute Gasteiger partial charge is 0.138 e. The third kappa shape index (κ3) is 22.4. The molecule has 0 aromatic rings. The van der Waals surface area contributed by atoms with Gasteiger partial charge in [0.25, 0.3) is 0 Å². The molecule has 4 heteroatoms. The zero-order chi connectivity index (χ0) is 9.33. The predicted octanol–water partition coefficient (Wildman–Crippen LogP) is 2.25. The van der Waals surface area contributed by atoms with Crippen LogP contribution in [0.4, 0.5) is 0 Å². The molecule has 0 aliphatic carbocycles. The average molecular weight is 265 g/mol. The summed E-state index contributed by atoms with van der Waals surface area (Å²) >= 11 is 0. The predicted molar refractivity (Wildman–Crippen MR) is 51.0 cm³/mol. The van der Waals surface area contributed by atoms with Crippen LogP contribution in [0.25, 0.3) is 0 Å². The second-order valence-electron chi connectivity index (χ2n) is 2.98. The Morgan fingerprint density at radius 1 is 1.08 bits per heavy atom. The van der Waals surface area contributed by atoms with E-state index in [-0.39, 0.29) is 26.2 Å². The van der Waals surface area contributed by atoms with Gasteiger partial charge in [0.05, 0.1) is 27.3 Å². The molecule has 0 radical (unpaired) electrons. The molecule has 0 spiro atoms. The van der Waals surface area contributed by atoms with Crippen LogP contribution in [0.3, 0.4) is 0 Å². The molecular weight excluding hydrogens is 248 g/mol. The summed E-state index contributed by atoms with van der Waals surface area (Å²) in [6.07, 6.45) is 8.23. The minimum atomic E-state index is 0. The molecule has 0 aliphatic rings. The van der Waals surface area contributed by atoms with Gasteiger partial charge in [-0.3, -0.25) is 4.57 Å². The van der Waals surface area contributed by atoms with Gasteiger partial charge in [-0.1, -0.05) is 12.2 Å². The number of hydrogen-bond donors (Lipinski definition) is 0. The molecule has 12 heavy (non-hydrogen) atoms. The van der Waals surface area contributed by atoms with Crippen LogP contribution in [0.5, 0.6) is 0 Å². The van der Waals surface area contributed by atoms with Gasteiger partial charge in [0.15, 0.2) is 0 Å². The fourth-order valence-corrected chi connectivity index (χ4v) is 0.419. The number of rotatable bonds is 2. The molecule has 0 heterocycles. The molecule has 0 atom stereocenters. The molecule has 0 saturated heterocycles. The Hall–Kier alpha value is 0.423. The van der Waals surface area contributed by atoms with Gasteiger partial charge in [-0.05, 0) is 13.0 Å². The quantitative estimate of drug-likeness (QED) is 0.425. The van der Waals surface area contributed by atoms with Gasteiger partial charge in [-0.25, -0.2) is 0 Å². The van der Waals surface area contributed by atoms with Crippen molar-refractivity contribution in [3.63, 3.8) is 0 Å². The fourth-order valence-electron chi connectivity index (χ4n) is 0.419. The maximum atomic E-state index is 8.06. The number of quaternary nitrogens is 1. The monoisotopic (exact) mass is 264 g/mol. The Balaban J connectivity index is -0.000000249. The summed E-state index contributed by atoms with van der Waals surface area (Å²) in [7, 11) is 8.10. The normalized spacial score (nSPS) is 10.7. The van der Waals surface area contributed by atoms with E-state index in [9.17, 15) is 0 Å². The summed E-state index contributed by atoms with van der Waals surface area (Å²) in [5.74, 6) is 0. The molecule has 0 N–H and O–H groups in total. The van der Waals surface area contributed by atoms with Crippen LogP contribution in [-0.2, 0) is 30.8 Å². The molecule has 0 fully saturated rings. The van der Waals surface area contributed by atoms with Crippen LogP contribution in [0.1, 0.15) is 6.92 Å². The fraction of sp³-hybridized carbons (Fsp3) is 0.500. The van der Waals surface area contributed by atoms with Crippen LogP contribution >= 0.6 is 9.12 Å². The van der Waals surface area contributed by atoms with E-state index in [0.717, 1.165) is 4.48 Å². The molecule has 68 valence electrons. The minimum absolute atomic E-state index is 0. The van der Waals surface area contributed by atoms with Gasteiger partial charge >= 0.3 is 0 Å². The zero-order valence-electron chi connectivity index (χ0n) is 8.16. The molecule has 0 amide bonds. The molecule has 0 aliphatic heterocycles. The Morgan fingerprint density at radius 2 is 1.50 bits per heavy atom. The number of allylic oxidation sites excluding steroid dienone is 3. The van der Waals surface area contributed by atoms with Crippen molar-refractivity contribution in [3.05, 3.63) is 24.4 Å².